The largest absolute Gasteiger partial charge is 0.508 e. The van der Waals surface area contributed by atoms with Gasteiger partial charge in [-0.25, -0.2) is 4.79 Å². The summed E-state index contributed by atoms with van der Waals surface area (Å²) < 4.78 is 12.0. The van der Waals surface area contributed by atoms with Crippen LogP contribution in [0.15, 0.2) is 30.3 Å². The Morgan fingerprint density at radius 2 is 1.85 bits per heavy atom. The number of phenols is 1. The Morgan fingerprint density at radius 3 is 2.41 bits per heavy atom. The molecule has 10 heteroatoms. The van der Waals surface area contributed by atoms with E-state index in [0.717, 1.165) is 20.5 Å². The molecule has 3 N–H and O–H groups in total. The second kappa shape index (κ2) is 9.47. The number of carbonyl (C=O) groups excluding carboxylic acids is 2. The lowest BCUT2D eigenvalue weighted by Crippen LogP contribution is -2.27. The van der Waals surface area contributed by atoms with Gasteiger partial charge in [-0.05, 0) is 65.8 Å². The minimum atomic E-state index is -0.649. The fourth-order valence-electron chi connectivity index (χ4n) is 3.04. The highest BCUT2D eigenvalue weighted by atomic mass is 32.1. The van der Waals surface area contributed by atoms with E-state index >= 15 is 0 Å². The van der Waals surface area contributed by atoms with Crippen LogP contribution in [0.3, 0.4) is 0 Å². The first-order valence-corrected chi connectivity index (χ1v) is 11.4. The molecule has 4 aromatic rings. The smallest absolute Gasteiger partial charge is 0.435 e. The summed E-state index contributed by atoms with van der Waals surface area (Å²) in [6.07, 6.45) is -0.574. The summed E-state index contributed by atoms with van der Waals surface area (Å²) in [5.74, 6) is 0.166. The Labute approximate surface area is 200 Å². The molecule has 1 aromatic carbocycles. The maximum atomic E-state index is 12.6. The number of H-pyrrole nitrogens is 1. The van der Waals surface area contributed by atoms with Crippen molar-refractivity contribution in [3.05, 3.63) is 35.2 Å². The number of aliphatic hydroxyl groups is 1. The van der Waals surface area contributed by atoms with Gasteiger partial charge in [0.2, 0.25) is 0 Å². The van der Waals surface area contributed by atoms with E-state index in [9.17, 15) is 19.8 Å². The van der Waals surface area contributed by atoms with E-state index in [2.05, 4.69) is 14.8 Å². The van der Waals surface area contributed by atoms with E-state index < -0.39 is 11.7 Å². The highest BCUT2D eigenvalue weighted by Gasteiger charge is 2.25. The van der Waals surface area contributed by atoms with Gasteiger partial charge in [-0.2, -0.15) is 9.78 Å². The fourth-order valence-corrected chi connectivity index (χ4v) is 4.04. The van der Waals surface area contributed by atoms with Gasteiger partial charge in [-0.3, -0.25) is 4.79 Å². The van der Waals surface area contributed by atoms with Crippen LogP contribution in [-0.4, -0.2) is 48.7 Å². The van der Waals surface area contributed by atoms with Crippen molar-refractivity contribution in [1.82, 2.24) is 14.8 Å². The third kappa shape index (κ3) is 5.95. The lowest BCUT2D eigenvalue weighted by atomic mass is 10.2. The topological polar surface area (TPSA) is 127 Å². The number of aliphatic hydroxyl groups excluding tert-OH is 1. The number of rotatable bonds is 3. The molecule has 0 amide bonds. The molecule has 182 valence electrons. The molecule has 0 unspecified atom stereocenters. The molecule has 0 radical (unpaired) electrons. The van der Waals surface area contributed by atoms with Crippen LogP contribution in [0.1, 0.15) is 46.4 Å². The Hall–Kier alpha value is -3.37. The number of hydrogen-bond donors (Lipinski definition) is 3. The molecule has 9 nitrogen and oxygen atoms in total. The van der Waals surface area contributed by atoms with E-state index in [1.54, 1.807) is 45.0 Å². The Morgan fingerprint density at radius 1 is 1.15 bits per heavy atom. The van der Waals surface area contributed by atoms with E-state index in [1.165, 1.54) is 16.0 Å². The summed E-state index contributed by atoms with van der Waals surface area (Å²) in [5.41, 5.74) is 1.70. The standard InChI is InChI=1S/C19H19N3O4S.C5H10O2/c1-19(2,3)26-18(25)22-15-8-12(9-23)27-17(15)16(21-22)14-6-10-4-5-11(24)7-13(10)20-14;1-5(2,3)7-4-6/h4-8,20,23-24H,9H2,1-3H3;4H,1-3H3. The van der Waals surface area contributed by atoms with Crippen LogP contribution < -0.4 is 0 Å². The van der Waals surface area contributed by atoms with Gasteiger partial charge in [-0.1, -0.05) is 0 Å². The number of hydrogen-bond acceptors (Lipinski definition) is 8. The quantitative estimate of drug-likeness (QED) is 0.340. The highest BCUT2D eigenvalue weighted by Crippen LogP contribution is 2.36. The first-order valence-electron chi connectivity index (χ1n) is 10.6. The van der Waals surface area contributed by atoms with Crippen LogP contribution in [0, 0.1) is 0 Å². The van der Waals surface area contributed by atoms with Crippen molar-refractivity contribution >= 4 is 45.0 Å². The van der Waals surface area contributed by atoms with E-state index in [0.29, 0.717) is 23.4 Å². The molecular formula is C24H29N3O6S. The molecule has 0 aliphatic rings. The summed E-state index contributed by atoms with van der Waals surface area (Å²) in [7, 11) is 0. The predicted octanol–water partition coefficient (Wildman–Crippen LogP) is 5.19. The number of ether oxygens (including phenoxy) is 2. The number of nitrogens with one attached hydrogen (secondary N) is 1. The minimum absolute atomic E-state index is 0.117. The zero-order valence-electron chi connectivity index (χ0n) is 20.0. The monoisotopic (exact) mass is 487 g/mol. The van der Waals surface area contributed by atoms with E-state index in [4.69, 9.17) is 4.74 Å². The number of nitrogens with zero attached hydrogens (tertiary/aromatic N) is 2. The number of aromatic nitrogens is 3. The zero-order chi connectivity index (χ0) is 25.3. The van der Waals surface area contributed by atoms with Crippen LogP contribution in [-0.2, 0) is 20.9 Å². The van der Waals surface area contributed by atoms with Crippen LogP contribution in [0.5, 0.6) is 5.75 Å². The van der Waals surface area contributed by atoms with Crippen LogP contribution >= 0.6 is 11.3 Å². The van der Waals surface area contributed by atoms with Gasteiger partial charge in [0.25, 0.3) is 6.47 Å². The third-order valence-electron chi connectivity index (χ3n) is 4.39. The average molecular weight is 488 g/mol. The number of aromatic hydroxyl groups is 1. The molecule has 3 aromatic heterocycles. The van der Waals surface area contributed by atoms with Gasteiger partial charge in [-0.15, -0.1) is 11.3 Å². The van der Waals surface area contributed by atoms with Crippen LogP contribution in [0.2, 0.25) is 0 Å². The molecule has 0 saturated carbocycles. The number of phenolic OH excluding ortho intramolecular Hbond substituents is 1. The van der Waals surface area contributed by atoms with Crippen molar-refractivity contribution in [3.63, 3.8) is 0 Å². The number of aromatic amines is 1. The van der Waals surface area contributed by atoms with Crippen molar-refractivity contribution in [2.45, 2.75) is 59.4 Å². The van der Waals surface area contributed by atoms with Crippen molar-refractivity contribution in [3.8, 4) is 17.1 Å². The number of carbonyl (C=O) groups is 2. The van der Waals surface area contributed by atoms with Gasteiger partial charge >= 0.3 is 6.09 Å². The molecule has 34 heavy (non-hydrogen) atoms. The molecule has 0 bridgehead atoms. The molecule has 0 atom stereocenters. The minimum Gasteiger partial charge on any atom is -0.508 e. The van der Waals surface area contributed by atoms with Gasteiger partial charge < -0.3 is 24.7 Å². The Kier molecular flexibility index (Phi) is 7.04. The second-order valence-corrected chi connectivity index (χ2v) is 10.7. The molecule has 4 rings (SSSR count). The predicted molar refractivity (Wildman–Crippen MR) is 131 cm³/mol. The third-order valence-corrected chi connectivity index (χ3v) is 5.51. The molecular weight excluding hydrogens is 458 g/mol. The average Bonchev–Trinajstić information content (AvgIpc) is 3.38. The number of fused-ring (bicyclic) bond motifs is 2. The van der Waals surface area contributed by atoms with Crippen molar-refractivity contribution < 1.29 is 29.3 Å². The highest BCUT2D eigenvalue weighted by molar-refractivity contribution is 7.19. The number of thiophene rings is 1. The fraction of sp³-hybridized carbons (Fsp3) is 0.375. The summed E-state index contributed by atoms with van der Waals surface area (Å²) in [5, 5.41) is 24.6. The van der Waals surface area contributed by atoms with Gasteiger partial charge in [0.15, 0.2) is 0 Å². The molecule has 3 heterocycles. The van der Waals surface area contributed by atoms with Crippen LogP contribution in [0.25, 0.3) is 32.5 Å². The lowest BCUT2D eigenvalue weighted by molar-refractivity contribution is -0.138. The summed E-state index contributed by atoms with van der Waals surface area (Å²) >= 11 is 1.38. The first kappa shape index (κ1) is 25.3. The normalized spacial score (nSPS) is 11.9. The molecule has 0 saturated heterocycles. The molecule has 0 aliphatic heterocycles. The van der Waals surface area contributed by atoms with Crippen molar-refractivity contribution in [1.29, 1.82) is 0 Å². The Balaban J connectivity index is 0.000000406. The summed E-state index contributed by atoms with van der Waals surface area (Å²) in [6, 6.07) is 8.71. The molecule has 0 aliphatic carbocycles. The van der Waals surface area contributed by atoms with Gasteiger partial charge in [0, 0.05) is 21.8 Å². The van der Waals surface area contributed by atoms with E-state index in [1.807, 2.05) is 26.8 Å². The maximum absolute atomic E-state index is 12.6. The molecule has 0 fully saturated rings. The Bertz CT molecular complexity index is 1320. The van der Waals surface area contributed by atoms with Crippen molar-refractivity contribution in [2.75, 3.05) is 0 Å². The lowest BCUT2D eigenvalue weighted by Gasteiger charge is -2.19. The van der Waals surface area contributed by atoms with Crippen LogP contribution in [0.4, 0.5) is 4.79 Å². The zero-order valence-corrected chi connectivity index (χ0v) is 20.8. The second-order valence-electron chi connectivity index (χ2n) is 9.61. The summed E-state index contributed by atoms with van der Waals surface area (Å²) in [6.45, 7) is 11.2. The summed E-state index contributed by atoms with van der Waals surface area (Å²) in [4.78, 5) is 26.2. The number of benzene rings is 1. The van der Waals surface area contributed by atoms with E-state index in [-0.39, 0.29) is 18.0 Å². The molecule has 0 spiro atoms. The van der Waals surface area contributed by atoms with Gasteiger partial charge in [0.1, 0.15) is 22.6 Å². The SMILES string of the molecule is CC(C)(C)OC(=O)n1nc(-c2cc3ccc(O)cc3[nH]2)c2sc(CO)cc21.CC(C)(C)OC=O. The first-order chi connectivity index (χ1) is 15.8. The maximum Gasteiger partial charge on any atom is 0.435 e. The van der Waals surface area contributed by atoms with Crippen molar-refractivity contribution in [2.24, 2.45) is 0 Å². The van der Waals surface area contributed by atoms with Gasteiger partial charge in [0.05, 0.1) is 22.5 Å².